The second kappa shape index (κ2) is 8.96. The van der Waals surface area contributed by atoms with Gasteiger partial charge in [0, 0.05) is 6.54 Å². The Morgan fingerprint density at radius 3 is 2.29 bits per heavy atom. The van der Waals surface area contributed by atoms with E-state index in [9.17, 15) is 4.79 Å². The standard InChI is InChI=1S/C18H31NO2/c1-8-15(2)13-11-9-10-12-14-19-21-18(6,7)17(4,5)16(3)20/h8,10,12-13,19H,1,9,11,14H2,2-7H3/b12-10+,15-13+. The third-order valence-electron chi connectivity index (χ3n) is 4.20. The zero-order valence-corrected chi connectivity index (χ0v) is 14.5. The number of unbranched alkanes of at least 4 members (excludes halogenated alkanes) is 1. The molecule has 0 aromatic heterocycles. The van der Waals surface area contributed by atoms with E-state index in [1.807, 2.05) is 46.8 Å². The molecular formula is C18H31NO2. The van der Waals surface area contributed by atoms with Crippen LogP contribution in [0.5, 0.6) is 0 Å². The summed E-state index contributed by atoms with van der Waals surface area (Å²) in [6.07, 6.45) is 10.2. The van der Waals surface area contributed by atoms with Crippen molar-refractivity contribution in [2.75, 3.05) is 6.54 Å². The lowest BCUT2D eigenvalue weighted by molar-refractivity contribution is -0.162. The second-order valence-corrected chi connectivity index (χ2v) is 6.34. The fraction of sp³-hybridized carbons (Fsp3) is 0.611. The van der Waals surface area contributed by atoms with Crippen molar-refractivity contribution >= 4 is 5.78 Å². The molecule has 0 aromatic carbocycles. The predicted molar refractivity (Wildman–Crippen MR) is 90.0 cm³/mol. The Bertz CT molecular complexity index is 403. The Balaban J connectivity index is 4.05. The van der Waals surface area contributed by atoms with Crippen LogP contribution in [0.4, 0.5) is 0 Å². The first kappa shape index (κ1) is 19.8. The molecule has 3 nitrogen and oxygen atoms in total. The summed E-state index contributed by atoms with van der Waals surface area (Å²) in [5.41, 5.74) is 3.04. The number of carbonyl (C=O) groups excluding carboxylic acids is 1. The molecule has 120 valence electrons. The molecule has 1 N–H and O–H groups in total. The molecule has 21 heavy (non-hydrogen) atoms. The average molecular weight is 293 g/mol. The molecule has 0 bridgehead atoms. The fourth-order valence-electron chi connectivity index (χ4n) is 1.51. The van der Waals surface area contributed by atoms with E-state index in [-0.39, 0.29) is 5.78 Å². The van der Waals surface area contributed by atoms with E-state index in [1.165, 1.54) is 5.57 Å². The molecule has 0 unspecified atom stereocenters. The van der Waals surface area contributed by atoms with Crippen molar-refractivity contribution in [2.24, 2.45) is 5.41 Å². The van der Waals surface area contributed by atoms with Gasteiger partial charge in [0.15, 0.2) is 0 Å². The summed E-state index contributed by atoms with van der Waals surface area (Å²) >= 11 is 0. The molecule has 0 aliphatic heterocycles. The maximum atomic E-state index is 11.7. The second-order valence-electron chi connectivity index (χ2n) is 6.34. The molecule has 0 aliphatic carbocycles. The van der Waals surface area contributed by atoms with Gasteiger partial charge in [-0.05, 0) is 40.5 Å². The number of hydrogen-bond donors (Lipinski definition) is 1. The Morgan fingerprint density at radius 1 is 1.14 bits per heavy atom. The highest BCUT2D eigenvalue weighted by molar-refractivity contribution is 5.82. The van der Waals surface area contributed by atoms with Crippen LogP contribution in [0.25, 0.3) is 0 Å². The van der Waals surface area contributed by atoms with Gasteiger partial charge in [-0.15, -0.1) is 0 Å². The Kier molecular flexibility index (Phi) is 8.45. The zero-order valence-electron chi connectivity index (χ0n) is 14.5. The summed E-state index contributed by atoms with van der Waals surface area (Å²) in [4.78, 5) is 17.3. The van der Waals surface area contributed by atoms with Gasteiger partial charge in [0.25, 0.3) is 0 Å². The molecule has 0 aromatic rings. The minimum absolute atomic E-state index is 0.120. The van der Waals surface area contributed by atoms with Crippen LogP contribution in [-0.4, -0.2) is 17.9 Å². The minimum atomic E-state index is -0.559. The number of carbonyl (C=O) groups is 1. The monoisotopic (exact) mass is 293 g/mol. The molecule has 0 spiro atoms. The number of nitrogens with one attached hydrogen (secondary N) is 1. The van der Waals surface area contributed by atoms with Crippen LogP contribution in [0.15, 0.2) is 36.5 Å². The van der Waals surface area contributed by atoms with Crippen molar-refractivity contribution in [3.8, 4) is 0 Å². The summed E-state index contributed by atoms with van der Waals surface area (Å²) in [7, 11) is 0. The maximum Gasteiger partial charge on any atom is 0.138 e. The Morgan fingerprint density at radius 2 is 1.76 bits per heavy atom. The number of allylic oxidation sites excluding steroid dienone is 4. The minimum Gasteiger partial charge on any atom is -0.299 e. The van der Waals surface area contributed by atoms with Crippen molar-refractivity contribution in [1.29, 1.82) is 0 Å². The lowest BCUT2D eigenvalue weighted by Gasteiger charge is -2.38. The molecule has 0 aliphatic rings. The first-order valence-corrected chi connectivity index (χ1v) is 7.51. The van der Waals surface area contributed by atoms with E-state index in [0.717, 1.165) is 12.8 Å². The third kappa shape index (κ3) is 6.87. The van der Waals surface area contributed by atoms with Crippen molar-refractivity contribution < 1.29 is 9.63 Å². The van der Waals surface area contributed by atoms with Crippen molar-refractivity contribution in [2.45, 2.75) is 60.0 Å². The molecule has 0 saturated heterocycles. The van der Waals surface area contributed by atoms with Gasteiger partial charge in [-0.1, -0.05) is 50.3 Å². The largest absolute Gasteiger partial charge is 0.299 e. The van der Waals surface area contributed by atoms with E-state index >= 15 is 0 Å². The van der Waals surface area contributed by atoms with E-state index in [1.54, 1.807) is 6.92 Å². The zero-order chi connectivity index (χ0) is 16.5. The number of Topliss-reactive ketones (excluding diaryl/α,β-unsaturated/α-hetero) is 1. The number of rotatable bonds is 10. The highest BCUT2D eigenvalue weighted by Gasteiger charge is 2.42. The van der Waals surface area contributed by atoms with Crippen molar-refractivity contribution in [1.82, 2.24) is 5.48 Å². The maximum absolute atomic E-state index is 11.7. The van der Waals surface area contributed by atoms with E-state index in [0.29, 0.717) is 6.54 Å². The summed E-state index contributed by atoms with van der Waals surface area (Å²) in [5, 5.41) is 0. The van der Waals surface area contributed by atoms with Gasteiger partial charge in [-0.3, -0.25) is 9.63 Å². The normalized spacial score (nSPS) is 13.7. The van der Waals surface area contributed by atoms with E-state index < -0.39 is 11.0 Å². The average Bonchev–Trinajstić information content (AvgIpc) is 2.40. The number of ketones is 1. The summed E-state index contributed by atoms with van der Waals surface area (Å²) in [5.74, 6) is 0.120. The lowest BCUT2D eigenvalue weighted by Crippen LogP contribution is -2.49. The number of hydroxylamine groups is 1. The third-order valence-corrected chi connectivity index (χ3v) is 4.20. The summed E-state index contributed by atoms with van der Waals surface area (Å²) in [6.45, 7) is 15.6. The van der Waals surface area contributed by atoms with E-state index in [2.05, 4.69) is 24.2 Å². The lowest BCUT2D eigenvalue weighted by atomic mass is 9.74. The molecule has 0 amide bonds. The molecular weight excluding hydrogens is 262 g/mol. The highest BCUT2D eigenvalue weighted by Crippen LogP contribution is 2.33. The van der Waals surface area contributed by atoms with Crippen LogP contribution >= 0.6 is 0 Å². The molecule has 3 heteroatoms. The topological polar surface area (TPSA) is 38.3 Å². The van der Waals surface area contributed by atoms with Crippen molar-refractivity contribution in [3.63, 3.8) is 0 Å². The van der Waals surface area contributed by atoms with Gasteiger partial charge in [-0.2, -0.15) is 5.48 Å². The fourth-order valence-corrected chi connectivity index (χ4v) is 1.51. The Hall–Kier alpha value is -1.19. The van der Waals surface area contributed by atoms with Gasteiger partial charge >= 0.3 is 0 Å². The number of hydrogen-bond acceptors (Lipinski definition) is 3. The quantitative estimate of drug-likeness (QED) is 0.281. The van der Waals surface area contributed by atoms with Gasteiger partial charge in [-0.25, -0.2) is 0 Å². The van der Waals surface area contributed by atoms with Crippen LogP contribution in [0, 0.1) is 5.41 Å². The highest BCUT2D eigenvalue weighted by atomic mass is 16.7. The first-order valence-electron chi connectivity index (χ1n) is 7.51. The summed E-state index contributed by atoms with van der Waals surface area (Å²) < 4.78 is 0. The van der Waals surface area contributed by atoms with Gasteiger partial charge in [0.05, 0.1) is 11.0 Å². The van der Waals surface area contributed by atoms with Crippen LogP contribution in [0.2, 0.25) is 0 Å². The smallest absolute Gasteiger partial charge is 0.138 e. The first-order chi connectivity index (χ1) is 9.65. The van der Waals surface area contributed by atoms with Gasteiger partial charge in [0.1, 0.15) is 5.78 Å². The molecule has 0 radical (unpaired) electrons. The Labute approximate surface area is 130 Å². The molecule has 0 fully saturated rings. The van der Waals surface area contributed by atoms with Crippen molar-refractivity contribution in [3.05, 3.63) is 36.5 Å². The molecule has 0 rings (SSSR count). The van der Waals surface area contributed by atoms with Crippen LogP contribution in [0.1, 0.15) is 54.4 Å². The molecule has 0 heterocycles. The van der Waals surface area contributed by atoms with E-state index in [4.69, 9.17) is 4.84 Å². The van der Waals surface area contributed by atoms with Gasteiger partial charge < -0.3 is 0 Å². The molecule has 0 atom stereocenters. The predicted octanol–water partition coefficient (Wildman–Crippen LogP) is 4.37. The van der Waals surface area contributed by atoms with Crippen LogP contribution in [-0.2, 0) is 9.63 Å². The van der Waals surface area contributed by atoms with Crippen LogP contribution < -0.4 is 5.48 Å². The SMILES string of the molecule is C=C/C(C)=C/CC/C=C/CNOC(C)(C)C(C)(C)C(C)=O. The molecule has 0 saturated carbocycles. The summed E-state index contributed by atoms with van der Waals surface area (Å²) in [6, 6.07) is 0. The van der Waals surface area contributed by atoms with Crippen LogP contribution in [0.3, 0.4) is 0 Å². The van der Waals surface area contributed by atoms with Gasteiger partial charge in [0.2, 0.25) is 0 Å².